The molecule has 21 heavy (non-hydrogen) atoms. The SMILES string of the molecule is Cc1ccc(S(=O)(=O)NC(C)c2ccccn2)cc1CN. The van der Waals surface area contributed by atoms with Gasteiger partial charge in [-0.05, 0) is 49.2 Å². The molecule has 1 aromatic carbocycles. The fourth-order valence-corrected chi connectivity index (χ4v) is 3.30. The van der Waals surface area contributed by atoms with Gasteiger partial charge in [0.25, 0.3) is 0 Å². The molecule has 112 valence electrons. The number of hydrogen-bond donors (Lipinski definition) is 2. The van der Waals surface area contributed by atoms with Crippen LogP contribution >= 0.6 is 0 Å². The zero-order valence-electron chi connectivity index (χ0n) is 12.1. The first-order valence-corrected chi connectivity index (χ1v) is 8.15. The summed E-state index contributed by atoms with van der Waals surface area (Å²) in [6.07, 6.45) is 1.64. The highest BCUT2D eigenvalue weighted by molar-refractivity contribution is 7.89. The smallest absolute Gasteiger partial charge is 0.241 e. The van der Waals surface area contributed by atoms with E-state index in [1.807, 2.05) is 13.0 Å². The van der Waals surface area contributed by atoms with Gasteiger partial charge in [-0.1, -0.05) is 12.1 Å². The molecule has 3 N–H and O–H groups in total. The number of benzene rings is 1. The van der Waals surface area contributed by atoms with Crippen LogP contribution in [0.1, 0.15) is 29.8 Å². The molecule has 2 rings (SSSR count). The van der Waals surface area contributed by atoms with Gasteiger partial charge >= 0.3 is 0 Å². The second kappa shape index (κ2) is 6.34. The summed E-state index contributed by atoms with van der Waals surface area (Å²) in [7, 11) is -3.60. The molecule has 0 saturated heterocycles. The average Bonchev–Trinajstić information content (AvgIpc) is 2.48. The molecule has 0 amide bonds. The summed E-state index contributed by atoms with van der Waals surface area (Å²) in [5.74, 6) is 0. The Labute approximate surface area is 125 Å². The predicted octanol–water partition coefficient (Wildman–Crippen LogP) is 1.89. The van der Waals surface area contributed by atoms with E-state index in [2.05, 4.69) is 9.71 Å². The molecule has 1 heterocycles. The summed E-state index contributed by atoms with van der Waals surface area (Å²) in [5, 5.41) is 0. The third-order valence-electron chi connectivity index (χ3n) is 3.31. The van der Waals surface area contributed by atoms with Crippen molar-refractivity contribution >= 4 is 10.0 Å². The van der Waals surface area contributed by atoms with Crippen LogP contribution in [0.4, 0.5) is 0 Å². The number of aryl methyl sites for hydroxylation is 1. The second-order valence-electron chi connectivity index (χ2n) is 4.89. The molecule has 2 aromatic rings. The number of rotatable bonds is 5. The first-order valence-electron chi connectivity index (χ1n) is 6.67. The van der Waals surface area contributed by atoms with Gasteiger partial charge in [0.2, 0.25) is 10.0 Å². The van der Waals surface area contributed by atoms with Crippen molar-refractivity contribution < 1.29 is 8.42 Å². The van der Waals surface area contributed by atoms with Crippen LogP contribution in [0.3, 0.4) is 0 Å². The molecule has 5 nitrogen and oxygen atoms in total. The van der Waals surface area contributed by atoms with Crippen molar-refractivity contribution in [2.75, 3.05) is 0 Å². The molecule has 0 spiro atoms. The lowest BCUT2D eigenvalue weighted by Gasteiger charge is -2.14. The standard InChI is InChI=1S/C15H19N3O2S/c1-11-6-7-14(9-13(11)10-16)21(19,20)18-12(2)15-5-3-4-8-17-15/h3-9,12,18H,10,16H2,1-2H3. The van der Waals surface area contributed by atoms with Gasteiger partial charge in [0, 0.05) is 12.7 Å². The molecular formula is C15H19N3O2S. The topological polar surface area (TPSA) is 85.1 Å². The van der Waals surface area contributed by atoms with Gasteiger partial charge in [-0.2, -0.15) is 0 Å². The Morgan fingerprint density at radius 3 is 2.67 bits per heavy atom. The number of sulfonamides is 1. The normalized spacial score (nSPS) is 13.1. The Bertz CT molecular complexity index is 715. The second-order valence-corrected chi connectivity index (χ2v) is 6.60. The van der Waals surface area contributed by atoms with Gasteiger partial charge in [-0.15, -0.1) is 0 Å². The Morgan fingerprint density at radius 1 is 1.29 bits per heavy atom. The highest BCUT2D eigenvalue weighted by Gasteiger charge is 2.19. The number of aromatic nitrogens is 1. The fourth-order valence-electron chi connectivity index (χ4n) is 2.03. The van der Waals surface area contributed by atoms with E-state index < -0.39 is 16.1 Å². The van der Waals surface area contributed by atoms with Gasteiger partial charge in [0.15, 0.2) is 0 Å². The molecular weight excluding hydrogens is 286 g/mol. The quantitative estimate of drug-likeness (QED) is 0.883. The van der Waals surface area contributed by atoms with E-state index in [0.717, 1.165) is 11.1 Å². The van der Waals surface area contributed by atoms with Crippen LogP contribution in [-0.4, -0.2) is 13.4 Å². The Hall–Kier alpha value is -1.76. The van der Waals surface area contributed by atoms with Gasteiger partial charge in [0.1, 0.15) is 0 Å². The first kappa shape index (κ1) is 15.6. The van der Waals surface area contributed by atoms with Crippen molar-refractivity contribution in [3.63, 3.8) is 0 Å². The van der Waals surface area contributed by atoms with Crippen molar-refractivity contribution in [1.29, 1.82) is 0 Å². The maximum Gasteiger partial charge on any atom is 0.241 e. The zero-order chi connectivity index (χ0) is 15.5. The molecule has 1 unspecified atom stereocenters. The lowest BCUT2D eigenvalue weighted by Crippen LogP contribution is -2.27. The Balaban J connectivity index is 2.26. The highest BCUT2D eigenvalue weighted by atomic mass is 32.2. The van der Waals surface area contributed by atoms with Crippen molar-refractivity contribution in [2.24, 2.45) is 5.73 Å². The minimum Gasteiger partial charge on any atom is -0.326 e. The molecule has 0 aliphatic carbocycles. The third kappa shape index (κ3) is 3.66. The van der Waals surface area contributed by atoms with Crippen LogP contribution in [0.25, 0.3) is 0 Å². The molecule has 0 bridgehead atoms. The highest BCUT2D eigenvalue weighted by Crippen LogP contribution is 2.18. The maximum absolute atomic E-state index is 12.4. The van der Waals surface area contributed by atoms with Crippen LogP contribution < -0.4 is 10.5 Å². The van der Waals surface area contributed by atoms with Crippen LogP contribution in [0, 0.1) is 6.92 Å². The summed E-state index contributed by atoms with van der Waals surface area (Å²) in [5.41, 5.74) is 8.11. The molecule has 0 aliphatic heterocycles. The van der Waals surface area contributed by atoms with Gasteiger partial charge in [-0.3, -0.25) is 4.98 Å². The fraction of sp³-hybridized carbons (Fsp3) is 0.267. The van der Waals surface area contributed by atoms with Crippen LogP contribution in [-0.2, 0) is 16.6 Å². The van der Waals surface area contributed by atoms with E-state index in [-0.39, 0.29) is 4.90 Å². The number of pyridine rings is 1. The van der Waals surface area contributed by atoms with Crippen LogP contribution in [0.2, 0.25) is 0 Å². The van der Waals surface area contributed by atoms with Gasteiger partial charge < -0.3 is 5.73 Å². The van der Waals surface area contributed by atoms with E-state index in [4.69, 9.17) is 5.73 Å². The minimum atomic E-state index is -3.60. The number of nitrogens with one attached hydrogen (secondary N) is 1. The van der Waals surface area contributed by atoms with E-state index in [9.17, 15) is 8.42 Å². The third-order valence-corrected chi connectivity index (χ3v) is 4.85. The van der Waals surface area contributed by atoms with Crippen LogP contribution in [0.5, 0.6) is 0 Å². The van der Waals surface area contributed by atoms with Gasteiger partial charge in [0.05, 0.1) is 16.6 Å². The van der Waals surface area contributed by atoms with E-state index in [0.29, 0.717) is 12.2 Å². The largest absolute Gasteiger partial charge is 0.326 e. The summed E-state index contributed by atoms with van der Waals surface area (Å²) >= 11 is 0. The molecule has 1 atom stereocenters. The molecule has 0 aliphatic rings. The number of nitrogens with two attached hydrogens (primary N) is 1. The summed E-state index contributed by atoms with van der Waals surface area (Å²) in [6, 6.07) is 9.96. The molecule has 0 radical (unpaired) electrons. The lowest BCUT2D eigenvalue weighted by atomic mass is 10.1. The summed E-state index contributed by atoms with van der Waals surface area (Å²) in [4.78, 5) is 4.38. The minimum absolute atomic E-state index is 0.219. The Morgan fingerprint density at radius 2 is 2.05 bits per heavy atom. The Kier molecular flexibility index (Phi) is 4.72. The van der Waals surface area contributed by atoms with E-state index in [1.165, 1.54) is 0 Å². The van der Waals surface area contributed by atoms with Crippen molar-refractivity contribution in [3.8, 4) is 0 Å². The first-order chi connectivity index (χ1) is 9.94. The average molecular weight is 305 g/mol. The number of nitrogens with zero attached hydrogens (tertiary/aromatic N) is 1. The predicted molar refractivity (Wildman–Crippen MR) is 82.0 cm³/mol. The van der Waals surface area contributed by atoms with E-state index in [1.54, 1.807) is 43.5 Å². The lowest BCUT2D eigenvalue weighted by molar-refractivity contribution is 0.564. The summed E-state index contributed by atoms with van der Waals surface area (Å²) in [6.45, 7) is 3.98. The van der Waals surface area contributed by atoms with Crippen molar-refractivity contribution in [1.82, 2.24) is 9.71 Å². The van der Waals surface area contributed by atoms with Crippen molar-refractivity contribution in [3.05, 3.63) is 59.4 Å². The molecule has 6 heteroatoms. The molecule has 0 saturated carbocycles. The van der Waals surface area contributed by atoms with E-state index >= 15 is 0 Å². The zero-order valence-corrected chi connectivity index (χ0v) is 12.9. The molecule has 1 aromatic heterocycles. The van der Waals surface area contributed by atoms with Crippen molar-refractivity contribution in [2.45, 2.75) is 31.3 Å². The molecule has 0 fully saturated rings. The summed E-state index contributed by atoms with van der Waals surface area (Å²) < 4.78 is 27.5. The van der Waals surface area contributed by atoms with Crippen LogP contribution in [0.15, 0.2) is 47.5 Å². The number of hydrogen-bond acceptors (Lipinski definition) is 4. The van der Waals surface area contributed by atoms with Gasteiger partial charge in [-0.25, -0.2) is 13.1 Å². The maximum atomic E-state index is 12.4. The monoisotopic (exact) mass is 305 g/mol.